The Morgan fingerprint density at radius 3 is 2.13 bits per heavy atom. The third-order valence-electron chi connectivity index (χ3n) is 4.37. The highest BCUT2D eigenvalue weighted by molar-refractivity contribution is 5.85. The molecule has 0 aromatic carbocycles. The summed E-state index contributed by atoms with van der Waals surface area (Å²) in [7, 11) is 0. The van der Waals surface area contributed by atoms with E-state index in [0.29, 0.717) is 0 Å². The predicted octanol–water partition coefficient (Wildman–Crippen LogP) is 1.24. The summed E-state index contributed by atoms with van der Waals surface area (Å²) in [4.78, 5) is 21.8. The highest BCUT2D eigenvalue weighted by Gasteiger charge is 2.76. The van der Waals surface area contributed by atoms with Crippen molar-refractivity contribution in [2.45, 2.75) is 19.3 Å². The van der Waals surface area contributed by atoms with Crippen LogP contribution >= 0.6 is 12.4 Å². The first-order chi connectivity index (χ1) is 6.57. The summed E-state index contributed by atoms with van der Waals surface area (Å²) in [5.41, 5.74) is 0.122. The molecule has 5 heteroatoms. The number of hydrogen-bond donors (Lipinski definition) is 2. The average Bonchev–Trinajstić information content (AvgIpc) is 2.87. The Hall–Kier alpha value is -0.770. The third kappa shape index (κ3) is 1.20. The average molecular weight is 233 g/mol. The Bertz CT molecular complexity index is 336. The first-order valence-electron chi connectivity index (χ1n) is 5.02. The van der Waals surface area contributed by atoms with Gasteiger partial charge in [-0.3, -0.25) is 9.59 Å². The Labute approximate surface area is 93.1 Å². The number of carboxylic acid groups (broad SMARTS) is 2. The zero-order valence-electron chi connectivity index (χ0n) is 8.05. The van der Waals surface area contributed by atoms with Gasteiger partial charge in [0.1, 0.15) is 0 Å². The van der Waals surface area contributed by atoms with E-state index < -0.39 is 11.9 Å². The van der Waals surface area contributed by atoms with E-state index in [2.05, 4.69) is 0 Å². The van der Waals surface area contributed by atoms with E-state index >= 15 is 0 Å². The van der Waals surface area contributed by atoms with E-state index in [9.17, 15) is 9.59 Å². The quantitative estimate of drug-likeness (QED) is 0.751. The maximum absolute atomic E-state index is 10.9. The van der Waals surface area contributed by atoms with Crippen molar-refractivity contribution >= 4 is 24.3 Å². The van der Waals surface area contributed by atoms with Crippen LogP contribution in [0.3, 0.4) is 0 Å². The molecule has 4 unspecified atom stereocenters. The molecule has 0 aromatic heterocycles. The molecule has 0 heterocycles. The third-order valence-corrected chi connectivity index (χ3v) is 4.37. The van der Waals surface area contributed by atoms with Crippen molar-refractivity contribution in [2.24, 2.45) is 29.1 Å². The minimum Gasteiger partial charge on any atom is -0.481 e. The molecule has 3 rings (SSSR count). The molecule has 4 atom stereocenters. The van der Waals surface area contributed by atoms with Crippen molar-refractivity contribution < 1.29 is 19.8 Å². The number of fused-ring (bicyclic) bond motifs is 2. The van der Waals surface area contributed by atoms with E-state index in [-0.39, 0.29) is 41.5 Å². The van der Waals surface area contributed by atoms with Crippen LogP contribution in [0, 0.1) is 29.1 Å². The van der Waals surface area contributed by atoms with Crippen molar-refractivity contribution in [2.75, 3.05) is 0 Å². The fourth-order valence-electron chi connectivity index (χ4n) is 3.60. The first-order valence-corrected chi connectivity index (χ1v) is 5.02. The minimum absolute atomic E-state index is 0. The van der Waals surface area contributed by atoms with Crippen molar-refractivity contribution in [3.63, 3.8) is 0 Å². The van der Waals surface area contributed by atoms with E-state index in [0.717, 1.165) is 19.3 Å². The van der Waals surface area contributed by atoms with Gasteiger partial charge in [0.2, 0.25) is 0 Å². The number of halogens is 1. The lowest BCUT2D eigenvalue weighted by molar-refractivity contribution is -0.144. The summed E-state index contributed by atoms with van der Waals surface area (Å²) < 4.78 is 0. The fourth-order valence-corrected chi connectivity index (χ4v) is 3.60. The monoisotopic (exact) mass is 232 g/mol. The standard InChI is InChI=1S/C10H12O4.ClH/c11-8(12)4-3-10(1-2-10)7-5(4)6(7)9(13)14;/h4-7H,1-3H2,(H,11,12)(H,13,14);1H. The highest BCUT2D eigenvalue weighted by Crippen LogP contribution is 2.77. The number of carboxylic acids is 2. The van der Waals surface area contributed by atoms with Crippen molar-refractivity contribution in [3.05, 3.63) is 0 Å². The van der Waals surface area contributed by atoms with Gasteiger partial charge in [-0.2, -0.15) is 0 Å². The zero-order valence-corrected chi connectivity index (χ0v) is 8.87. The van der Waals surface area contributed by atoms with Crippen molar-refractivity contribution in [1.82, 2.24) is 0 Å². The SMILES string of the molecule is Cl.O=C(O)C1CC2(CC2)C2C(C(=O)O)C12. The van der Waals surface area contributed by atoms with Crippen LogP contribution in [-0.4, -0.2) is 22.2 Å². The van der Waals surface area contributed by atoms with Crippen LogP contribution < -0.4 is 0 Å². The number of hydrogen-bond acceptors (Lipinski definition) is 2. The van der Waals surface area contributed by atoms with Gasteiger partial charge in [-0.15, -0.1) is 12.4 Å². The lowest BCUT2D eigenvalue weighted by Crippen LogP contribution is -2.20. The summed E-state index contributed by atoms with van der Waals surface area (Å²) in [5, 5.41) is 17.9. The van der Waals surface area contributed by atoms with Crippen LogP contribution in [0.25, 0.3) is 0 Å². The molecule has 0 aromatic rings. The molecular weight excluding hydrogens is 220 g/mol. The van der Waals surface area contributed by atoms with Crippen LogP contribution in [0.2, 0.25) is 0 Å². The fraction of sp³-hybridized carbons (Fsp3) is 0.800. The lowest BCUT2D eigenvalue weighted by Gasteiger charge is -2.13. The van der Waals surface area contributed by atoms with E-state index in [4.69, 9.17) is 10.2 Å². The van der Waals surface area contributed by atoms with Gasteiger partial charge in [-0.05, 0) is 36.5 Å². The zero-order chi connectivity index (χ0) is 10.1. The molecular formula is C10H13ClO4. The summed E-state index contributed by atoms with van der Waals surface area (Å²) in [6.45, 7) is 0. The van der Waals surface area contributed by atoms with Crippen molar-refractivity contribution in [1.29, 1.82) is 0 Å². The van der Waals surface area contributed by atoms with Crippen LogP contribution in [0.1, 0.15) is 19.3 Å². The Morgan fingerprint density at radius 2 is 1.73 bits per heavy atom. The van der Waals surface area contributed by atoms with Crippen molar-refractivity contribution in [3.8, 4) is 0 Å². The molecule has 4 nitrogen and oxygen atoms in total. The molecule has 3 fully saturated rings. The molecule has 0 bridgehead atoms. The second kappa shape index (κ2) is 2.88. The molecule has 0 aliphatic heterocycles. The molecule has 0 amide bonds. The summed E-state index contributed by atoms with van der Waals surface area (Å²) in [6.07, 6.45) is 2.81. The van der Waals surface area contributed by atoms with Gasteiger partial charge in [0.05, 0.1) is 11.8 Å². The summed E-state index contributed by atoms with van der Waals surface area (Å²) in [5.74, 6) is -2.21. The number of aliphatic carboxylic acids is 2. The van der Waals surface area contributed by atoms with E-state index in [1.54, 1.807) is 0 Å². The second-order valence-electron chi connectivity index (χ2n) is 4.98. The number of rotatable bonds is 2. The smallest absolute Gasteiger partial charge is 0.307 e. The topological polar surface area (TPSA) is 74.6 Å². The summed E-state index contributed by atoms with van der Waals surface area (Å²) in [6, 6.07) is 0. The predicted molar refractivity (Wildman–Crippen MR) is 52.8 cm³/mol. The number of carbonyl (C=O) groups is 2. The Balaban J connectivity index is 0.000000853. The molecule has 0 radical (unpaired) electrons. The van der Waals surface area contributed by atoms with E-state index in [1.807, 2.05) is 0 Å². The molecule has 0 saturated heterocycles. The largest absolute Gasteiger partial charge is 0.481 e. The molecule has 15 heavy (non-hydrogen) atoms. The minimum atomic E-state index is -0.799. The second-order valence-corrected chi connectivity index (χ2v) is 4.98. The highest BCUT2D eigenvalue weighted by atomic mass is 35.5. The van der Waals surface area contributed by atoms with Gasteiger partial charge < -0.3 is 10.2 Å². The van der Waals surface area contributed by atoms with Crippen LogP contribution in [0.5, 0.6) is 0 Å². The molecule has 3 aliphatic rings. The van der Waals surface area contributed by atoms with Crippen LogP contribution in [-0.2, 0) is 9.59 Å². The van der Waals surface area contributed by atoms with Crippen LogP contribution in [0.4, 0.5) is 0 Å². The summed E-state index contributed by atoms with van der Waals surface area (Å²) >= 11 is 0. The van der Waals surface area contributed by atoms with Gasteiger partial charge in [-0.1, -0.05) is 0 Å². The normalized spacial score (nSPS) is 42.9. The maximum atomic E-state index is 10.9. The van der Waals surface area contributed by atoms with Gasteiger partial charge in [0.25, 0.3) is 0 Å². The molecule has 1 spiro atoms. The van der Waals surface area contributed by atoms with Gasteiger partial charge >= 0.3 is 11.9 Å². The van der Waals surface area contributed by atoms with Gasteiger partial charge in [-0.25, -0.2) is 0 Å². The van der Waals surface area contributed by atoms with Gasteiger partial charge in [0, 0.05) is 0 Å². The lowest BCUT2D eigenvalue weighted by atomic mass is 9.91. The van der Waals surface area contributed by atoms with Crippen LogP contribution in [0.15, 0.2) is 0 Å². The van der Waals surface area contributed by atoms with E-state index in [1.165, 1.54) is 0 Å². The molecule has 2 N–H and O–H groups in total. The Morgan fingerprint density at radius 1 is 1.13 bits per heavy atom. The van der Waals surface area contributed by atoms with Gasteiger partial charge in [0.15, 0.2) is 0 Å². The first kappa shape index (κ1) is 10.7. The molecule has 3 saturated carbocycles. The molecule has 84 valence electrons. The molecule has 3 aliphatic carbocycles. The maximum Gasteiger partial charge on any atom is 0.307 e. The Kier molecular flexibility index (Phi) is 2.06.